The highest BCUT2D eigenvalue weighted by Crippen LogP contribution is 2.60. The van der Waals surface area contributed by atoms with Gasteiger partial charge >= 0.3 is 6.80 Å². The molecule has 12 heavy (non-hydrogen) atoms. The largest absolute Gasteiger partial charge is 0.389 e. The summed E-state index contributed by atoms with van der Waals surface area (Å²) >= 11 is 1.22. The highest BCUT2D eigenvalue weighted by atomic mass is 32.7. The topological polar surface area (TPSA) is 63.2 Å². The molecule has 0 radical (unpaired) electrons. The normalized spacial score (nSPS) is 11.9. The van der Waals surface area contributed by atoms with Crippen molar-refractivity contribution >= 4 is 18.2 Å². The summed E-state index contributed by atoms with van der Waals surface area (Å²) < 4.78 is 21.7. The first-order valence-electron chi connectivity index (χ1n) is 4.01. The van der Waals surface area contributed by atoms with Crippen LogP contribution in [-0.4, -0.2) is 25.5 Å². The Balaban J connectivity index is 3.90. The Kier molecular flexibility index (Phi) is 7.19. The predicted molar refractivity (Wildman–Crippen MR) is 51.1 cm³/mol. The summed E-state index contributed by atoms with van der Waals surface area (Å²) in [5.74, 6) is 0.706. The van der Waals surface area contributed by atoms with E-state index in [9.17, 15) is 4.57 Å². The van der Waals surface area contributed by atoms with Crippen LogP contribution in [0.3, 0.4) is 0 Å². The summed E-state index contributed by atoms with van der Waals surface area (Å²) in [7, 11) is 0. The molecule has 0 saturated heterocycles. The van der Waals surface area contributed by atoms with Crippen molar-refractivity contribution in [3.05, 3.63) is 0 Å². The lowest BCUT2D eigenvalue weighted by Gasteiger charge is -2.14. The Morgan fingerprint density at radius 3 is 2.17 bits per heavy atom. The molecule has 3 N–H and O–H groups in total. The van der Waals surface area contributed by atoms with E-state index >= 15 is 0 Å². The van der Waals surface area contributed by atoms with Gasteiger partial charge in [-0.2, -0.15) is 0 Å². The summed E-state index contributed by atoms with van der Waals surface area (Å²) in [6.45, 7) is 2.31. The van der Waals surface area contributed by atoms with Gasteiger partial charge in [-0.3, -0.25) is 0 Å². The quantitative estimate of drug-likeness (QED) is 0.645. The van der Waals surface area contributed by atoms with Gasteiger partial charge in [-0.1, -0.05) is 0 Å². The van der Waals surface area contributed by atoms with Crippen molar-refractivity contribution in [2.75, 3.05) is 25.5 Å². The van der Waals surface area contributed by atoms with Gasteiger partial charge < -0.3 is 14.8 Å². The van der Waals surface area contributed by atoms with Crippen molar-refractivity contribution in [3.8, 4) is 0 Å². The highest BCUT2D eigenvalue weighted by molar-refractivity contribution is 8.55. The lowest BCUT2D eigenvalue weighted by atomic mass is 10.8. The third-order valence-corrected chi connectivity index (χ3v) is 5.03. The zero-order chi connectivity index (χ0) is 9.45. The van der Waals surface area contributed by atoms with Gasteiger partial charge in [0.15, 0.2) is 0 Å². The van der Waals surface area contributed by atoms with Gasteiger partial charge in [0, 0.05) is 0 Å². The fourth-order valence-corrected chi connectivity index (χ4v) is 3.95. The Morgan fingerprint density at radius 1 is 1.33 bits per heavy atom. The lowest BCUT2D eigenvalue weighted by molar-refractivity contribution is -0.360. The molecule has 0 aliphatic heterocycles. The van der Waals surface area contributed by atoms with Crippen LogP contribution < -0.4 is 5.73 Å². The van der Waals surface area contributed by atoms with E-state index in [1.807, 2.05) is 0 Å². The Bertz CT molecular complexity index is 146. The second-order valence-corrected chi connectivity index (χ2v) is 6.16. The predicted octanol–water partition coefficient (Wildman–Crippen LogP) is 1.14. The molecule has 0 saturated carbocycles. The monoisotopic (exact) mass is 214 g/mol. The third-order valence-electron chi connectivity index (χ3n) is 0.968. The first-order chi connectivity index (χ1) is 5.68. The lowest BCUT2D eigenvalue weighted by Crippen LogP contribution is -2.51. The minimum atomic E-state index is -2.86. The maximum absolute atomic E-state index is 11.7. The van der Waals surface area contributed by atoms with Crippen LogP contribution in [0.15, 0.2) is 0 Å². The fraction of sp³-hybridized carbons (Fsp3) is 1.00. The molecule has 0 aliphatic carbocycles. The molecular formula is C6H17NO3PS+. The molecule has 0 unspecified atom stereocenters. The number of hydrogen-bond acceptors (Lipinski definition) is 4. The highest BCUT2D eigenvalue weighted by Gasteiger charge is 2.23. The van der Waals surface area contributed by atoms with Gasteiger partial charge in [-0.05, 0) is 25.2 Å². The molecule has 0 aromatic heterocycles. The minimum Gasteiger partial charge on any atom is -0.357 e. The van der Waals surface area contributed by atoms with Crippen LogP contribution in [0.5, 0.6) is 0 Å². The average molecular weight is 214 g/mol. The van der Waals surface area contributed by atoms with Crippen LogP contribution in [0.4, 0.5) is 0 Å². The van der Waals surface area contributed by atoms with Crippen LogP contribution in [0, 0.1) is 0 Å². The average Bonchev–Trinajstić information content (AvgIpc) is 2.02. The van der Waals surface area contributed by atoms with E-state index < -0.39 is 6.80 Å². The van der Waals surface area contributed by atoms with E-state index in [1.165, 1.54) is 11.4 Å². The molecule has 6 heteroatoms. The molecule has 0 spiro atoms. The van der Waals surface area contributed by atoms with Crippen LogP contribution in [0.2, 0.25) is 0 Å². The molecule has 0 amide bonds. The number of hydrogen-bond donors (Lipinski definition) is 1. The maximum atomic E-state index is 11.7. The van der Waals surface area contributed by atoms with E-state index in [0.717, 1.165) is 6.54 Å². The molecular weight excluding hydrogens is 197 g/mol. The van der Waals surface area contributed by atoms with E-state index in [1.54, 1.807) is 13.8 Å². The Labute approximate surface area is 77.5 Å². The Hall–Kier alpha value is 0.460. The molecule has 0 atom stereocenters. The summed E-state index contributed by atoms with van der Waals surface area (Å²) in [6.07, 6.45) is 0. The van der Waals surface area contributed by atoms with Crippen molar-refractivity contribution in [1.82, 2.24) is 0 Å². The summed E-state index contributed by atoms with van der Waals surface area (Å²) in [4.78, 5) is 0. The van der Waals surface area contributed by atoms with Crippen LogP contribution in [0.1, 0.15) is 13.8 Å². The molecule has 0 fully saturated rings. The summed E-state index contributed by atoms with van der Waals surface area (Å²) in [6, 6.07) is 0. The number of quaternary nitrogens is 1. The summed E-state index contributed by atoms with van der Waals surface area (Å²) in [5.41, 5.74) is 3.66. The first-order valence-corrected chi connectivity index (χ1v) is 7.14. The van der Waals surface area contributed by atoms with Gasteiger partial charge in [0.1, 0.15) is 0 Å². The molecule has 0 aromatic carbocycles. The molecule has 0 aromatic rings. The molecule has 74 valence electrons. The minimum absolute atomic E-state index is 0.418. The standard InChI is InChI=1S/C6H16NO3PS/c1-3-9-11(8,10-4-2)12-6-5-7/h3-7H2,1-2H3/p+1. The zero-order valence-electron chi connectivity index (χ0n) is 7.62. The van der Waals surface area contributed by atoms with Crippen molar-refractivity contribution < 1.29 is 19.3 Å². The molecule has 0 rings (SSSR count). The van der Waals surface area contributed by atoms with E-state index in [0.29, 0.717) is 19.0 Å². The smallest absolute Gasteiger partial charge is 0.357 e. The third kappa shape index (κ3) is 5.17. The van der Waals surface area contributed by atoms with Crippen LogP contribution >= 0.6 is 18.2 Å². The van der Waals surface area contributed by atoms with Crippen molar-refractivity contribution in [2.45, 2.75) is 13.8 Å². The van der Waals surface area contributed by atoms with E-state index in [2.05, 4.69) is 5.73 Å². The first kappa shape index (κ1) is 12.5. The molecule has 4 nitrogen and oxygen atoms in total. The maximum Gasteiger partial charge on any atom is 0.389 e. The van der Waals surface area contributed by atoms with E-state index in [-0.39, 0.29) is 0 Å². The second kappa shape index (κ2) is 6.92. The zero-order valence-corrected chi connectivity index (χ0v) is 9.33. The molecule has 0 aliphatic rings. The van der Waals surface area contributed by atoms with Crippen molar-refractivity contribution in [2.24, 2.45) is 0 Å². The summed E-state index contributed by atoms with van der Waals surface area (Å²) in [5, 5.41) is 0. The molecule has 0 bridgehead atoms. The van der Waals surface area contributed by atoms with Gasteiger partial charge in [-0.15, -0.1) is 0 Å². The second-order valence-electron chi connectivity index (χ2n) is 1.97. The van der Waals surface area contributed by atoms with Gasteiger partial charge in [0.2, 0.25) is 0 Å². The molecule has 0 heterocycles. The number of rotatable bonds is 7. The van der Waals surface area contributed by atoms with Gasteiger partial charge in [-0.25, -0.2) is 4.57 Å². The van der Waals surface area contributed by atoms with Crippen molar-refractivity contribution in [1.29, 1.82) is 0 Å². The fourth-order valence-electron chi connectivity index (χ4n) is 0.604. The van der Waals surface area contributed by atoms with Gasteiger partial charge in [0.05, 0.1) is 25.5 Å². The van der Waals surface area contributed by atoms with Gasteiger partial charge in [0.25, 0.3) is 0 Å². The van der Waals surface area contributed by atoms with Crippen LogP contribution in [-0.2, 0) is 13.6 Å². The van der Waals surface area contributed by atoms with E-state index in [4.69, 9.17) is 9.05 Å². The van der Waals surface area contributed by atoms with Crippen LogP contribution in [0.25, 0.3) is 0 Å². The van der Waals surface area contributed by atoms with Crippen molar-refractivity contribution in [3.63, 3.8) is 0 Å². The Morgan fingerprint density at radius 2 is 1.83 bits per heavy atom. The SMILES string of the molecule is CCOP(=O)(OCC)SCC[NH3+].